The Morgan fingerprint density at radius 3 is 3.24 bits per heavy atom. The molecular formula is C11H16N6. The zero-order valence-corrected chi connectivity index (χ0v) is 9.85. The molecule has 0 spiro atoms. The third kappa shape index (κ3) is 1.84. The Morgan fingerprint density at radius 1 is 1.41 bits per heavy atom. The van der Waals surface area contributed by atoms with Crippen LogP contribution >= 0.6 is 0 Å². The number of likely N-dealkylation sites (N-methyl/N-ethyl adjacent to an activating group) is 1. The van der Waals surface area contributed by atoms with Crippen molar-refractivity contribution in [1.29, 1.82) is 0 Å². The zero-order chi connectivity index (χ0) is 11.7. The highest BCUT2D eigenvalue weighted by molar-refractivity contribution is 5.82. The highest BCUT2D eigenvalue weighted by atomic mass is 15.2. The fraction of sp³-hybridized carbons (Fsp3) is 0.545. The van der Waals surface area contributed by atoms with Gasteiger partial charge < -0.3 is 15.2 Å². The zero-order valence-electron chi connectivity index (χ0n) is 9.85. The minimum Gasteiger partial charge on any atom is -0.353 e. The maximum atomic E-state index is 4.39. The van der Waals surface area contributed by atoms with Gasteiger partial charge in [0.05, 0.1) is 6.33 Å². The van der Waals surface area contributed by atoms with Crippen molar-refractivity contribution in [3.63, 3.8) is 0 Å². The Bertz CT molecular complexity index is 507. The lowest BCUT2D eigenvalue weighted by Gasteiger charge is -2.33. The summed E-state index contributed by atoms with van der Waals surface area (Å²) in [4.78, 5) is 18.1. The van der Waals surface area contributed by atoms with Gasteiger partial charge in [-0.1, -0.05) is 0 Å². The number of anilines is 1. The Labute approximate surface area is 99.5 Å². The Balaban J connectivity index is 1.94. The van der Waals surface area contributed by atoms with Gasteiger partial charge in [0.15, 0.2) is 11.5 Å². The second-order valence-corrected chi connectivity index (χ2v) is 4.37. The lowest BCUT2D eigenvalue weighted by molar-refractivity contribution is 0.448. The summed E-state index contributed by atoms with van der Waals surface area (Å²) in [7, 11) is 2.01. The third-order valence-corrected chi connectivity index (χ3v) is 3.33. The highest BCUT2D eigenvalue weighted by Gasteiger charge is 2.21. The van der Waals surface area contributed by atoms with Crippen LogP contribution in [0.3, 0.4) is 0 Å². The second-order valence-electron chi connectivity index (χ2n) is 4.37. The smallest absolute Gasteiger partial charge is 0.182 e. The molecule has 3 heterocycles. The molecule has 0 radical (unpaired) electrons. The number of rotatable bonds is 2. The summed E-state index contributed by atoms with van der Waals surface area (Å²) in [5, 5.41) is 3.33. The van der Waals surface area contributed by atoms with Gasteiger partial charge in [0.2, 0.25) is 0 Å². The maximum Gasteiger partial charge on any atom is 0.182 e. The van der Waals surface area contributed by atoms with Gasteiger partial charge in [-0.2, -0.15) is 0 Å². The molecule has 2 aromatic rings. The monoisotopic (exact) mass is 232 g/mol. The molecule has 6 heteroatoms. The Morgan fingerprint density at radius 2 is 2.35 bits per heavy atom. The van der Waals surface area contributed by atoms with Crippen LogP contribution in [0.2, 0.25) is 0 Å². The molecule has 1 fully saturated rings. The number of hydrogen-bond acceptors (Lipinski definition) is 5. The van der Waals surface area contributed by atoms with Crippen molar-refractivity contribution in [3.8, 4) is 0 Å². The first kappa shape index (κ1) is 10.5. The van der Waals surface area contributed by atoms with Crippen LogP contribution in [0.15, 0.2) is 12.7 Å². The number of aromatic nitrogens is 4. The van der Waals surface area contributed by atoms with Crippen molar-refractivity contribution in [1.82, 2.24) is 25.3 Å². The number of nitrogens with zero attached hydrogens (tertiary/aromatic N) is 4. The summed E-state index contributed by atoms with van der Waals surface area (Å²) in [5.74, 6) is 0.965. The first-order valence-corrected chi connectivity index (χ1v) is 5.95. The summed E-state index contributed by atoms with van der Waals surface area (Å²) in [6.45, 7) is 2.03. The lowest BCUT2D eigenvalue weighted by Crippen LogP contribution is -2.44. The minimum absolute atomic E-state index is 0.539. The van der Waals surface area contributed by atoms with Crippen molar-refractivity contribution in [3.05, 3.63) is 12.7 Å². The van der Waals surface area contributed by atoms with E-state index < -0.39 is 0 Å². The Hall–Kier alpha value is -1.69. The van der Waals surface area contributed by atoms with Crippen LogP contribution in [0, 0.1) is 0 Å². The van der Waals surface area contributed by atoms with Gasteiger partial charge in [0.25, 0.3) is 0 Å². The quantitative estimate of drug-likeness (QED) is 0.791. The molecule has 3 rings (SSSR count). The summed E-state index contributed by atoms with van der Waals surface area (Å²) in [6, 6.07) is 0.539. The van der Waals surface area contributed by atoms with Gasteiger partial charge in [0, 0.05) is 19.1 Å². The molecule has 2 N–H and O–H groups in total. The number of nitrogens with one attached hydrogen (secondary N) is 2. The summed E-state index contributed by atoms with van der Waals surface area (Å²) < 4.78 is 0. The number of H-pyrrole nitrogens is 1. The van der Waals surface area contributed by atoms with Crippen molar-refractivity contribution < 1.29 is 0 Å². The van der Waals surface area contributed by atoms with Crippen LogP contribution in [-0.2, 0) is 0 Å². The highest BCUT2D eigenvalue weighted by Crippen LogP contribution is 2.22. The van der Waals surface area contributed by atoms with Crippen molar-refractivity contribution in [2.75, 3.05) is 25.0 Å². The standard InChI is InChI=1S/C11H16N6/c1-12-8-3-2-4-17(5-8)11-9-10(14-6-13-9)15-7-16-11/h6-8,12H,2-5H2,1H3,(H,13,14,15,16). The van der Waals surface area contributed by atoms with Crippen LogP contribution < -0.4 is 10.2 Å². The molecule has 0 aromatic carbocycles. The van der Waals surface area contributed by atoms with Gasteiger partial charge in [0.1, 0.15) is 11.8 Å². The molecule has 1 atom stereocenters. The van der Waals surface area contributed by atoms with E-state index in [1.54, 1.807) is 12.7 Å². The molecule has 1 saturated heterocycles. The van der Waals surface area contributed by atoms with E-state index in [-0.39, 0.29) is 0 Å². The largest absolute Gasteiger partial charge is 0.353 e. The summed E-state index contributed by atoms with van der Waals surface area (Å²) in [6.07, 6.45) is 5.67. The third-order valence-electron chi connectivity index (χ3n) is 3.33. The molecule has 17 heavy (non-hydrogen) atoms. The normalized spacial score (nSPS) is 21.0. The lowest BCUT2D eigenvalue weighted by atomic mass is 10.1. The number of imidazole rings is 1. The van der Waals surface area contributed by atoms with E-state index in [9.17, 15) is 0 Å². The SMILES string of the molecule is CNC1CCCN(c2ncnc3nc[nH]c23)C1. The number of fused-ring (bicyclic) bond motifs is 1. The van der Waals surface area contributed by atoms with E-state index in [1.807, 2.05) is 7.05 Å². The summed E-state index contributed by atoms with van der Waals surface area (Å²) >= 11 is 0. The molecule has 1 aliphatic heterocycles. The average Bonchev–Trinajstić information content (AvgIpc) is 2.87. The molecule has 1 unspecified atom stereocenters. The molecule has 1 aliphatic rings. The molecule has 0 aliphatic carbocycles. The van der Waals surface area contributed by atoms with Crippen LogP contribution in [0.1, 0.15) is 12.8 Å². The molecule has 6 nitrogen and oxygen atoms in total. The van der Waals surface area contributed by atoms with Crippen LogP contribution in [0.25, 0.3) is 11.2 Å². The van der Waals surface area contributed by atoms with Crippen molar-refractivity contribution >= 4 is 17.0 Å². The maximum absolute atomic E-state index is 4.39. The van der Waals surface area contributed by atoms with Gasteiger partial charge in [-0.3, -0.25) is 0 Å². The predicted octanol–water partition coefficient (Wildman–Crippen LogP) is 0.541. The van der Waals surface area contributed by atoms with E-state index in [2.05, 4.69) is 30.2 Å². The van der Waals surface area contributed by atoms with Crippen molar-refractivity contribution in [2.45, 2.75) is 18.9 Å². The fourth-order valence-corrected chi connectivity index (χ4v) is 2.40. The molecule has 90 valence electrons. The van der Waals surface area contributed by atoms with E-state index >= 15 is 0 Å². The first-order chi connectivity index (χ1) is 8.38. The van der Waals surface area contributed by atoms with Gasteiger partial charge in [-0.05, 0) is 19.9 Å². The van der Waals surface area contributed by atoms with E-state index in [4.69, 9.17) is 0 Å². The first-order valence-electron chi connectivity index (χ1n) is 5.95. The second kappa shape index (κ2) is 4.29. The topological polar surface area (TPSA) is 69.7 Å². The van der Waals surface area contributed by atoms with Crippen LogP contribution in [0.5, 0.6) is 0 Å². The number of piperidine rings is 1. The predicted molar refractivity (Wildman–Crippen MR) is 66.0 cm³/mol. The minimum atomic E-state index is 0.539. The number of aromatic amines is 1. The average molecular weight is 232 g/mol. The van der Waals surface area contributed by atoms with Crippen LogP contribution in [-0.4, -0.2) is 46.1 Å². The molecule has 2 aromatic heterocycles. The van der Waals surface area contributed by atoms with Gasteiger partial charge in [-0.25, -0.2) is 15.0 Å². The van der Waals surface area contributed by atoms with E-state index in [0.717, 1.165) is 30.1 Å². The molecule has 0 bridgehead atoms. The van der Waals surface area contributed by atoms with Crippen molar-refractivity contribution in [2.24, 2.45) is 0 Å². The molecule has 0 saturated carbocycles. The van der Waals surface area contributed by atoms with E-state index in [0.29, 0.717) is 6.04 Å². The molecule has 0 amide bonds. The van der Waals surface area contributed by atoms with Gasteiger partial charge in [-0.15, -0.1) is 0 Å². The molecular weight excluding hydrogens is 216 g/mol. The fourth-order valence-electron chi connectivity index (χ4n) is 2.40. The summed E-state index contributed by atoms with van der Waals surface area (Å²) in [5.41, 5.74) is 1.67. The van der Waals surface area contributed by atoms with Crippen LogP contribution in [0.4, 0.5) is 5.82 Å². The van der Waals surface area contributed by atoms with Gasteiger partial charge >= 0.3 is 0 Å². The number of hydrogen-bond donors (Lipinski definition) is 2. The van der Waals surface area contributed by atoms with E-state index in [1.165, 1.54) is 12.8 Å². The Kier molecular flexibility index (Phi) is 2.64.